The Balaban J connectivity index is 1.24. The quantitative estimate of drug-likeness (QED) is 0.180. The third kappa shape index (κ3) is 6.27. The molecule has 3 aromatic heterocycles. The van der Waals surface area contributed by atoms with Crippen molar-refractivity contribution in [3.63, 3.8) is 0 Å². The zero-order valence-electron chi connectivity index (χ0n) is 22.0. The van der Waals surface area contributed by atoms with Crippen LogP contribution in [0.1, 0.15) is 44.1 Å². The molecule has 1 aliphatic carbocycles. The van der Waals surface area contributed by atoms with Gasteiger partial charge in [-0.05, 0) is 70.2 Å². The standard InChI is InChI=1S/C26H32N8O4S/c1-26(2,3)38-25(37)31-19(8-9-35)23(36)34-32-16-4-6-17-20(11-16)39-24-21(17)22(27-13-28-24)30-15-5-7-18-14(10-15)12-29-33-18/h5,7,10,12-13,16,19,32,35H,4,6,8-9,11H2,1-3H3,(H,29,33)(H,31,37)(H,34,36)(H,27,28,30). The number of H-pyrrole nitrogens is 1. The van der Waals surface area contributed by atoms with Gasteiger partial charge >= 0.3 is 6.09 Å². The summed E-state index contributed by atoms with van der Waals surface area (Å²) in [5, 5.41) is 24.4. The lowest BCUT2D eigenvalue weighted by atomic mass is 9.93. The van der Waals surface area contributed by atoms with Crippen molar-refractivity contribution in [3.05, 3.63) is 41.2 Å². The molecule has 0 saturated heterocycles. The normalized spacial score (nSPS) is 16.1. The van der Waals surface area contributed by atoms with Crippen LogP contribution >= 0.6 is 11.3 Å². The summed E-state index contributed by atoms with van der Waals surface area (Å²) in [5.41, 5.74) is 8.23. The Kier molecular flexibility index (Phi) is 7.64. The number of hydrazine groups is 1. The van der Waals surface area contributed by atoms with E-state index in [1.54, 1.807) is 44.6 Å². The van der Waals surface area contributed by atoms with E-state index >= 15 is 0 Å². The summed E-state index contributed by atoms with van der Waals surface area (Å²) >= 11 is 1.63. The number of fused-ring (bicyclic) bond motifs is 4. The van der Waals surface area contributed by atoms with E-state index in [1.165, 1.54) is 10.4 Å². The number of amides is 2. The van der Waals surface area contributed by atoms with Crippen LogP contribution in [0.15, 0.2) is 30.7 Å². The minimum absolute atomic E-state index is 0.00122. The highest BCUT2D eigenvalue weighted by Crippen LogP contribution is 2.39. The van der Waals surface area contributed by atoms with Gasteiger partial charge in [-0.1, -0.05) is 0 Å². The van der Waals surface area contributed by atoms with Crippen molar-refractivity contribution >= 4 is 56.0 Å². The monoisotopic (exact) mass is 552 g/mol. The van der Waals surface area contributed by atoms with E-state index in [0.29, 0.717) is 6.42 Å². The molecule has 39 heavy (non-hydrogen) atoms. The van der Waals surface area contributed by atoms with E-state index in [-0.39, 0.29) is 19.1 Å². The van der Waals surface area contributed by atoms with Crippen LogP contribution in [-0.4, -0.2) is 61.6 Å². The van der Waals surface area contributed by atoms with Gasteiger partial charge in [-0.15, -0.1) is 11.3 Å². The summed E-state index contributed by atoms with van der Waals surface area (Å²) in [5.74, 6) is 0.323. The molecule has 2 atom stereocenters. The number of hydrogen-bond donors (Lipinski definition) is 6. The fourth-order valence-corrected chi connectivity index (χ4v) is 5.86. The Hall–Kier alpha value is -3.81. The summed E-state index contributed by atoms with van der Waals surface area (Å²) < 4.78 is 5.24. The first-order valence-electron chi connectivity index (χ1n) is 12.8. The fourth-order valence-electron chi connectivity index (χ4n) is 4.59. The Morgan fingerprint density at radius 2 is 2.13 bits per heavy atom. The first-order chi connectivity index (χ1) is 18.7. The second-order valence-electron chi connectivity index (χ2n) is 10.5. The molecule has 0 bridgehead atoms. The van der Waals surface area contributed by atoms with Gasteiger partial charge in [-0.25, -0.2) is 20.2 Å². The highest BCUT2D eigenvalue weighted by Gasteiger charge is 2.28. The summed E-state index contributed by atoms with van der Waals surface area (Å²) in [6.07, 6.45) is 5.01. The van der Waals surface area contributed by atoms with Gasteiger partial charge in [0.15, 0.2) is 0 Å². The summed E-state index contributed by atoms with van der Waals surface area (Å²) in [6.45, 7) is 4.97. The van der Waals surface area contributed by atoms with E-state index in [0.717, 1.165) is 45.5 Å². The van der Waals surface area contributed by atoms with Crippen LogP contribution in [-0.2, 0) is 22.4 Å². The molecule has 1 aromatic carbocycles. The molecule has 4 aromatic rings. The minimum atomic E-state index is -0.925. The van der Waals surface area contributed by atoms with Crippen LogP contribution in [0.4, 0.5) is 16.3 Å². The number of benzene rings is 1. The molecular formula is C26H32N8O4S. The molecule has 13 heteroatoms. The maximum atomic E-state index is 12.8. The van der Waals surface area contributed by atoms with E-state index in [1.807, 2.05) is 18.2 Å². The predicted molar refractivity (Wildman–Crippen MR) is 149 cm³/mol. The Morgan fingerprint density at radius 1 is 1.28 bits per heavy atom. The van der Waals surface area contributed by atoms with Crippen LogP contribution in [0.3, 0.4) is 0 Å². The molecule has 206 valence electrons. The maximum Gasteiger partial charge on any atom is 0.408 e. The smallest absolute Gasteiger partial charge is 0.408 e. The second-order valence-corrected chi connectivity index (χ2v) is 11.6. The van der Waals surface area contributed by atoms with E-state index < -0.39 is 23.6 Å². The van der Waals surface area contributed by atoms with Gasteiger partial charge < -0.3 is 20.5 Å². The van der Waals surface area contributed by atoms with Gasteiger partial charge in [0, 0.05) is 28.6 Å². The molecule has 0 fully saturated rings. The van der Waals surface area contributed by atoms with Crippen LogP contribution in [0.25, 0.3) is 21.1 Å². The molecule has 6 N–H and O–H groups in total. The van der Waals surface area contributed by atoms with E-state index in [2.05, 4.69) is 41.7 Å². The van der Waals surface area contributed by atoms with Gasteiger partial charge in [-0.2, -0.15) is 5.10 Å². The first kappa shape index (κ1) is 26.8. The van der Waals surface area contributed by atoms with Gasteiger partial charge in [0.05, 0.1) is 17.1 Å². The Labute approximate surface area is 228 Å². The van der Waals surface area contributed by atoms with Crippen molar-refractivity contribution in [2.75, 3.05) is 11.9 Å². The molecule has 3 heterocycles. The Morgan fingerprint density at radius 3 is 2.92 bits per heavy atom. The van der Waals surface area contributed by atoms with Gasteiger partial charge in [0.1, 0.15) is 28.6 Å². The number of hydrogen-bond acceptors (Lipinski definition) is 10. The number of aryl methyl sites for hydroxylation is 1. The molecule has 0 spiro atoms. The van der Waals surface area contributed by atoms with Crippen molar-refractivity contribution in [1.29, 1.82) is 0 Å². The topological polar surface area (TPSA) is 166 Å². The average molecular weight is 553 g/mol. The van der Waals surface area contributed by atoms with Crippen LogP contribution in [0.5, 0.6) is 0 Å². The number of anilines is 2. The lowest BCUT2D eigenvalue weighted by Crippen LogP contribution is -2.54. The number of aromatic nitrogens is 4. The SMILES string of the molecule is CC(C)(C)OC(=O)NC(CCO)C(=O)NNC1CCc2c(sc3ncnc(Nc4ccc5[nH]ncc5c4)c23)C1. The maximum absolute atomic E-state index is 12.8. The summed E-state index contributed by atoms with van der Waals surface area (Å²) in [4.78, 5) is 36.0. The van der Waals surface area contributed by atoms with Crippen molar-refractivity contribution < 1.29 is 19.4 Å². The number of aliphatic hydroxyl groups is 1. The van der Waals surface area contributed by atoms with E-state index in [9.17, 15) is 14.7 Å². The van der Waals surface area contributed by atoms with Crippen molar-refractivity contribution in [2.45, 2.75) is 64.1 Å². The molecule has 2 amide bonds. The van der Waals surface area contributed by atoms with E-state index in [4.69, 9.17) is 4.74 Å². The van der Waals surface area contributed by atoms with Crippen molar-refractivity contribution in [3.8, 4) is 0 Å². The number of thiophene rings is 1. The van der Waals surface area contributed by atoms with Crippen LogP contribution in [0, 0.1) is 0 Å². The number of carbonyl (C=O) groups excluding carboxylic acids is 2. The third-order valence-corrected chi connectivity index (χ3v) is 7.54. The fraction of sp³-hybridized carbons (Fsp3) is 0.423. The van der Waals surface area contributed by atoms with Crippen molar-refractivity contribution in [1.82, 2.24) is 36.3 Å². The minimum Gasteiger partial charge on any atom is -0.444 e. The van der Waals surface area contributed by atoms with Crippen LogP contribution in [0.2, 0.25) is 0 Å². The molecule has 12 nitrogen and oxygen atoms in total. The number of rotatable bonds is 8. The summed E-state index contributed by atoms with van der Waals surface area (Å²) in [6, 6.07) is 5.06. The highest BCUT2D eigenvalue weighted by atomic mass is 32.1. The third-order valence-electron chi connectivity index (χ3n) is 6.37. The number of alkyl carbamates (subject to hydrolysis) is 1. The van der Waals surface area contributed by atoms with Crippen molar-refractivity contribution in [2.24, 2.45) is 0 Å². The number of ether oxygens (including phenoxy) is 1. The van der Waals surface area contributed by atoms with Gasteiger partial charge in [0.2, 0.25) is 0 Å². The largest absolute Gasteiger partial charge is 0.444 e. The highest BCUT2D eigenvalue weighted by molar-refractivity contribution is 7.19. The molecule has 5 rings (SSSR count). The number of aromatic amines is 1. The average Bonchev–Trinajstić information content (AvgIpc) is 3.50. The molecule has 0 saturated carbocycles. The molecule has 1 aliphatic rings. The lowest BCUT2D eigenvalue weighted by molar-refractivity contribution is -0.124. The molecular weight excluding hydrogens is 520 g/mol. The first-order valence-corrected chi connectivity index (χ1v) is 13.6. The molecule has 2 unspecified atom stereocenters. The number of nitrogens with zero attached hydrogens (tertiary/aromatic N) is 3. The number of aliphatic hydroxyl groups excluding tert-OH is 1. The van der Waals surface area contributed by atoms with Gasteiger partial charge in [0.25, 0.3) is 5.91 Å². The number of carbonyl (C=O) groups is 2. The van der Waals surface area contributed by atoms with Crippen LogP contribution < -0.4 is 21.5 Å². The van der Waals surface area contributed by atoms with Gasteiger partial charge in [-0.3, -0.25) is 15.3 Å². The Bertz CT molecular complexity index is 1490. The zero-order valence-corrected chi connectivity index (χ0v) is 22.8. The lowest BCUT2D eigenvalue weighted by Gasteiger charge is -2.26. The molecule has 0 aliphatic heterocycles. The number of nitrogens with one attached hydrogen (secondary N) is 5. The second kappa shape index (κ2) is 11.1. The predicted octanol–water partition coefficient (Wildman–Crippen LogP) is 3.07. The zero-order chi connectivity index (χ0) is 27.6. The molecule has 0 radical (unpaired) electrons. The summed E-state index contributed by atoms with van der Waals surface area (Å²) in [7, 11) is 0.